The summed E-state index contributed by atoms with van der Waals surface area (Å²) in [6.07, 6.45) is 9.05. The third-order valence-electron chi connectivity index (χ3n) is 7.57. The molecule has 0 unspecified atom stereocenters. The number of carbonyl (C=O) groups is 2. The number of carbonyl (C=O) groups excluding carboxylic acids is 2. The van der Waals surface area contributed by atoms with Crippen molar-refractivity contribution < 1.29 is 55.6 Å². The molecule has 0 aliphatic heterocycles. The van der Waals surface area contributed by atoms with Crippen molar-refractivity contribution >= 4 is 11.9 Å². The van der Waals surface area contributed by atoms with Crippen molar-refractivity contribution in [3.05, 3.63) is 134 Å². The molecule has 0 heterocycles. The molecule has 0 saturated carbocycles. The fourth-order valence-electron chi connectivity index (χ4n) is 4.69. The third kappa shape index (κ3) is 16.4. The fourth-order valence-corrected chi connectivity index (χ4v) is 4.69. The van der Waals surface area contributed by atoms with Crippen LogP contribution < -0.4 is 18.9 Å². The molecule has 0 aliphatic rings. The van der Waals surface area contributed by atoms with E-state index in [2.05, 4.69) is 13.2 Å². The van der Waals surface area contributed by atoms with Crippen LogP contribution in [-0.4, -0.2) is 38.4 Å². The van der Waals surface area contributed by atoms with E-state index in [4.69, 9.17) is 28.4 Å². The van der Waals surface area contributed by atoms with Gasteiger partial charge < -0.3 is 28.4 Å². The monoisotopic (exact) mass is 754 g/mol. The van der Waals surface area contributed by atoms with E-state index in [-0.39, 0.29) is 24.7 Å². The molecule has 0 aliphatic carbocycles. The molecule has 12 heteroatoms. The number of allylic oxidation sites excluding steroid dienone is 2. The average molecular weight is 755 g/mol. The first-order valence-corrected chi connectivity index (χ1v) is 17.6. The SMILES string of the molecule is C=CC(=O)OCC=CCCCCCOc1ccc(C(F)(F)Oc2ccc(OC(F)(F)c3ccc(OCCCCC/C=C/COC(=O)C=C)cc3)cc2)cc1. The number of esters is 2. The smallest absolute Gasteiger partial charge is 0.426 e. The van der Waals surface area contributed by atoms with Gasteiger partial charge in [0.2, 0.25) is 0 Å². The molecule has 54 heavy (non-hydrogen) atoms. The molecule has 3 aromatic carbocycles. The molecular weight excluding hydrogens is 708 g/mol. The van der Waals surface area contributed by atoms with Gasteiger partial charge in [0.25, 0.3) is 0 Å². The summed E-state index contributed by atoms with van der Waals surface area (Å²) in [6, 6.07) is 15.0. The molecule has 0 atom stereocenters. The lowest BCUT2D eigenvalue weighted by Crippen LogP contribution is -2.22. The summed E-state index contributed by atoms with van der Waals surface area (Å²) in [4.78, 5) is 21.9. The van der Waals surface area contributed by atoms with Crippen molar-refractivity contribution in [1.29, 1.82) is 0 Å². The summed E-state index contributed by atoms with van der Waals surface area (Å²) in [5, 5.41) is 0. The third-order valence-corrected chi connectivity index (χ3v) is 7.57. The first kappa shape index (κ1) is 42.9. The van der Waals surface area contributed by atoms with E-state index in [9.17, 15) is 27.2 Å². The highest BCUT2D eigenvalue weighted by Gasteiger charge is 2.36. The highest BCUT2D eigenvalue weighted by Crippen LogP contribution is 2.36. The van der Waals surface area contributed by atoms with E-state index >= 15 is 0 Å². The van der Waals surface area contributed by atoms with Gasteiger partial charge in [-0.25, -0.2) is 9.59 Å². The Labute approximate surface area is 313 Å². The Morgan fingerprint density at radius 3 is 1.20 bits per heavy atom. The number of hydrogen-bond donors (Lipinski definition) is 0. The van der Waals surface area contributed by atoms with E-state index in [0.29, 0.717) is 24.7 Å². The second kappa shape index (κ2) is 23.2. The molecule has 0 radical (unpaired) electrons. The lowest BCUT2D eigenvalue weighted by Gasteiger charge is -2.20. The topological polar surface area (TPSA) is 89.5 Å². The van der Waals surface area contributed by atoms with Crippen LogP contribution in [0, 0.1) is 0 Å². The predicted molar refractivity (Wildman–Crippen MR) is 197 cm³/mol. The first-order valence-electron chi connectivity index (χ1n) is 17.6. The maximum Gasteiger partial charge on any atom is 0.426 e. The molecule has 0 fully saturated rings. The average Bonchev–Trinajstić information content (AvgIpc) is 3.17. The largest absolute Gasteiger partial charge is 0.494 e. The summed E-state index contributed by atoms with van der Waals surface area (Å²) >= 11 is 0. The fraction of sp³-hybridized carbons (Fsp3) is 0.333. The Balaban J connectivity index is 1.35. The molecule has 0 saturated heterocycles. The predicted octanol–water partition coefficient (Wildman–Crippen LogP) is 10.4. The van der Waals surface area contributed by atoms with Gasteiger partial charge in [-0.3, -0.25) is 0 Å². The quantitative estimate of drug-likeness (QED) is 0.0263. The van der Waals surface area contributed by atoms with Crippen molar-refractivity contribution in [1.82, 2.24) is 0 Å². The standard InChI is InChI=1S/C42H46F4O8/c1-3-39(47)51-31-15-11-7-5-9-13-29-49-35-21-17-33(18-22-35)41(43,44)53-37-25-27-38(28-26-37)54-42(45,46)34-19-23-36(24-20-34)50-30-14-10-6-8-12-16-32-52-40(48)4-2/h3-4,11-12,15-28H,1-2,5-10,13-14,29-32H2/b15-11+,16-12?. The van der Waals surface area contributed by atoms with Gasteiger partial charge in [0.05, 0.1) is 24.3 Å². The number of alkyl halides is 4. The number of rotatable bonds is 26. The second-order valence-electron chi connectivity index (χ2n) is 11.8. The second-order valence-corrected chi connectivity index (χ2v) is 11.8. The molecule has 3 rings (SSSR count). The summed E-state index contributed by atoms with van der Waals surface area (Å²) in [5.74, 6) is -0.553. The number of benzene rings is 3. The van der Waals surface area contributed by atoms with Gasteiger partial charge in [-0.05, 0) is 124 Å². The van der Waals surface area contributed by atoms with Crippen LogP contribution >= 0.6 is 0 Å². The number of ether oxygens (including phenoxy) is 6. The molecule has 0 amide bonds. The van der Waals surface area contributed by atoms with Crippen LogP contribution in [0.2, 0.25) is 0 Å². The van der Waals surface area contributed by atoms with Crippen molar-refractivity contribution in [2.24, 2.45) is 0 Å². The number of hydrogen-bond acceptors (Lipinski definition) is 8. The zero-order valence-corrected chi connectivity index (χ0v) is 30.1. The van der Waals surface area contributed by atoms with Crippen LogP contribution in [-0.2, 0) is 31.3 Å². The number of halogens is 4. The number of unbranched alkanes of at least 4 members (excludes halogenated alkanes) is 6. The van der Waals surface area contributed by atoms with E-state index < -0.39 is 35.3 Å². The zero-order chi connectivity index (χ0) is 39.1. The summed E-state index contributed by atoms with van der Waals surface area (Å²) in [7, 11) is 0. The van der Waals surface area contributed by atoms with Gasteiger partial charge in [-0.2, -0.15) is 17.6 Å². The van der Waals surface area contributed by atoms with Crippen molar-refractivity contribution in [2.75, 3.05) is 26.4 Å². The van der Waals surface area contributed by atoms with Crippen LogP contribution in [0.25, 0.3) is 0 Å². The van der Waals surface area contributed by atoms with E-state index in [1.54, 1.807) is 12.2 Å². The van der Waals surface area contributed by atoms with E-state index in [1.807, 2.05) is 12.2 Å². The van der Waals surface area contributed by atoms with Crippen molar-refractivity contribution in [3.63, 3.8) is 0 Å². The van der Waals surface area contributed by atoms with Crippen LogP contribution in [0.1, 0.15) is 62.5 Å². The molecule has 0 N–H and O–H groups in total. The van der Waals surface area contributed by atoms with Gasteiger partial charge in [0.15, 0.2) is 0 Å². The van der Waals surface area contributed by atoms with Crippen LogP contribution in [0.15, 0.2) is 122 Å². The summed E-state index contributed by atoms with van der Waals surface area (Å²) in [5.41, 5.74) is -0.816. The van der Waals surface area contributed by atoms with Gasteiger partial charge in [-0.15, -0.1) is 0 Å². The Kier molecular flexibility index (Phi) is 18.4. The molecule has 290 valence electrons. The van der Waals surface area contributed by atoms with Gasteiger partial charge in [0.1, 0.15) is 36.2 Å². The van der Waals surface area contributed by atoms with Crippen molar-refractivity contribution in [2.45, 2.75) is 63.6 Å². The minimum absolute atomic E-state index is 0.204. The summed E-state index contributed by atoms with van der Waals surface area (Å²) in [6.45, 7) is 7.89. The highest BCUT2D eigenvalue weighted by atomic mass is 19.3. The lowest BCUT2D eigenvalue weighted by molar-refractivity contribution is -0.188. The summed E-state index contributed by atoms with van der Waals surface area (Å²) < 4.78 is 90.4. The molecule has 8 nitrogen and oxygen atoms in total. The van der Waals surface area contributed by atoms with Gasteiger partial charge >= 0.3 is 24.2 Å². The molecular formula is C42H46F4O8. The maximum atomic E-state index is 14.9. The minimum Gasteiger partial charge on any atom is -0.494 e. The van der Waals surface area contributed by atoms with Gasteiger partial charge in [-0.1, -0.05) is 37.5 Å². The van der Waals surface area contributed by atoms with E-state index in [1.165, 1.54) is 48.5 Å². The van der Waals surface area contributed by atoms with Crippen molar-refractivity contribution in [3.8, 4) is 23.0 Å². The molecule has 0 spiro atoms. The molecule has 3 aromatic rings. The Bertz CT molecular complexity index is 1510. The maximum absolute atomic E-state index is 14.9. The lowest BCUT2D eigenvalue weighted by atomic mass is 10.2. The van der Waals surface area contributed by atoms with Crippen LogP contribution in [0.5, 0.6) is 23.0 Å². The van der Waals surface area contributed by atoms with Crippen LogP contribution in [0.4, 0.5) is 17.6 Å². The Morgan fingerprint density at radius 1 is 0.500 bits per heavy atom. The Morgan fingerprint density at radius 2 is 0.852 bits per heavy atom. The minimum atomic E-state index is -3.70. The van der Waals surface area contributed by atoms with E-state index in [0.717, 1.165) is 87.8 Å². The Hall–Kier alpha value is -5.52. The molecule has 0 bridgehead atoms. The highest BCUT2D eigenvalue weighted by molar-refractivity contribution is 5.81. The normalized spacial score (nSPS) is 11.6. The van der Waals surface area contributed by atoms with Gasteiger partial charge in [0, 0.05) is 12.2 Å². The zero-order valence-electron chi connectivity index (χ0n) is 30.1. The molecule has 0 aromatic heterocycles. The first-order chi connectivity index (χ1) is 26.0. The van der Waals surface area contributed by atoms with Crippen LogP contribution in [0.3, 0.4) is 0 Å².